The topological polar surface area (TPSA) is 60.2 Å². The molecule has 0 aliphatic rings. The van der Waals surface area contributed by atoms with Crippen LogP contribution in [0.2, 0.25) is 0 Å². The molecule has 4 nitrogen and oxygen atoms in total. The van der Waals surface area contributed by atoms with Crippen molar-refractivity contribution in [1.82, 2.24) is 4.98 Å². The van der Waals surface area contributed by atoms with Crippen LogP contribution in [0.4, 0.5) is 5.82 Å². The smallest absolute Gasteiger partial charge is 0.126 e. The van der Waals surface area contributed by atoms with E-state index in [2.05, 4.69) is 10.3 Å². The molecule has 0 fully saturated rings. The molecule has 0 aromatic carbocycles. The number of hydrogen-bond donors (Lipinski definition) is 2. The summed E-state index contributed by atoms with van der Waals surface area (Å²) in [5, 5.41) is 3.25. The number of unbranched alkanes of at least 4 members (excludes halogenated alkanes) is 1. The van der Waals surface area contributed by atoms with Gasteiger partial charge in [0.2, 0.25) is 0 Å². The minimum absolute atomic E-state index is 0.307. The van der Waals surface area contributed by atoms with Crippen molar-refractivity contribution in [2.45, 2.75) is 32.8 Å². The molecule has 1 aromatic rings. The lowest BCUT2D eigenvalue weighted by Crippen LogP contribution is -2.13. The molecule has 0 unspecified atom stereocenters. The standard InChI is InChI=1S/C13H21N3OS/c1-10(2)17-9-4-3-8-15-12-7-5-6-11(16-12)13(14)18/h5-7,10H,3-4,8-9H2,1-2H3,(H2,14,18)(H,15,16). The normalized spacial score (nSPS) is 10.6. The molecule has 0 aliphatic carbocycles. The Morgan fingerprint density at radius 1 is 1.44 bits per heavy atom. The van der Waals surface area contributed by atoms with Crippen LogP contribution in [0.1, 0.15) is 32.4 Å². The summed E-state index contributed by atoms with van der Waals surface area (Å²) < 4.78 is 5.47. The van der Waals surface area contributed by atoms with Gasteiger partial charge in [-0.15, -0.1) is 0 Å². The maximum Gasteiger partial charge on any atom is 0.126 e. The second kappa shape index (κ2) is 8.00. The van der Waals surface area contributed by atoms with Gasteiger partial charge in [-0.3, -0.25) is 0 Å². The first-order valence-corrected chi connectivity index (χ1v) is 6.62. The Labute approximate surface area is 114 Å². The van der Waals surface area contributed by atoms with Crippen LogP contribution in [0.3, 0.4) is 0 Å². The summed E-state index contributed by atoms with van der Waals surface area (Å²) in [6.07, 6.45) is 2.40. The Morgan fingerprint density at radius 2 is 2.22 bits per heavy atom. The van der Waals surface area contributed by atoms with E-state index < -0.39 is 0 Å². The van der Waals surface area contributed by atoms with Gasteiger partial charge in [-0.1, -0.05) is 18.3 Å². The second-order valence-electron chi connectivity index (χ2n) is 4.33. The molecule has 1 rings (SSSR count). The molecule has 1 heterocycles. The van der Waals surface area contributed by atoms with Gasteiger partial charge >= 0.3 is 0 Å². The highest BCUT2D eigenvalue weighted by molar-refractivity contribution is 7.80. The lowest BCUT2D eigenvalue weighted by molar-refractivity contribution is 0.0765. The minimum Gasteiger partial charge on any atom is -0.388 e. The number of nitrogens with zero attached hydrogens (tertiary/aromatic N) is 1. The van der Waals surface area contributed by atoms with Gasteiger partial charge < -0.3 is 15.8 Å². The van der Waals surface area contributed by atoms with Crippen molar-refractivity contribution in [3.63, 3.8) is 0 Å². The number of nitrogens with one attached hydrogen (secondary N) is 1. The Kier molecular flexibility index (Phi) is 6.60. The van der Waals surface area contributed by atoms with Gasteiger partial charge in [0.15, 0.2) is 0 Å². The predicted molar refractivity (Wildman–Crippen MR) is 78.9 cm³/mol. The van der Waals surface area contributed by atoms with Gasteiger partial charge in [0, 0.05) is 13.2 Å². The number of pyridine rings is 1. The summed E-state index contributed by atoms with van der Waals surface area (Å²) in [5.74, 6) is 0.810. The maximum atomic E-state index is 5.53. The van der Waals surface area contributed by atoms with Crippen molar-refractivity contribution in [3.05, 3.63) is 23.9 Å². The van der Waals surface area contributed by atoms with Crippen molar-refractivity contribution in [2.75, 3.05) is 18.5 Å². The van der Waals surface area contributed by atoms with E-state index in [0.717, 1.165) is 31.8 Å². The minimum atomic E-state index is 0.307. The molecule has 0 bridgehead atoms. The van der Waals surface area contributed by atoms with Gasteiger partial charge in [-0.05, 0) is 38.8 Å². The molecule has 0 atom stereocenters. The number of anilines is 1. The Morgan fingerprint density at radius 3 is 2.89 bits per heavy atom. The van der Waals surface area contributed by atoms with Crippen molar-refractivity contribution < 1.29 is 4.74 Å². The molecule has 0 amide bonds. The molecule has 18 heavy (non-hydrogen) atoms. The van der Waals surface area contributed by atoms with Crippen LogP contribution in [0.15, 0.2) is 18.2 Å². The van der Waals surface area contributed by atoms with Crippen molar-refractivity contribution in [3.8, 4) is 0 Å². The van der Waals surface area contributed by atoms with Gasteiger partial charge in [0.25, 0.3) is 0 Å². The van der Waals surface area contributed by atoms with E-state index >= 15 is 0 Å². The summed E-state index contributed by atoms with van der Waals surface area (Å²) >= 11 is 4.89. The van der Waals surface area contributed by atoms with Crippen molar-refractivity contribution >= 4 is 23.0 Å². The van der Waals surface area contributed by atoms with Gasteiger partial charge in [0.1, 0.15) is 10.8 Å². The van der Waals surface area contributed by atoms with Gasteiger partial charge in [0.05, 0.1) is 11.8 Å². The number of ether oxygens (including phenoxy) is 1. The molecule has 100 valence electrons. The molecule has 1 aromatic heterocycles. The number of aromatic nitrogens is 1. The van der Waals surface area contributed by atoms with Crippen LogP contribution in [0, 0.1) is 0 Å². The highest BCUT2D eigenvalue weighted by Crippen LogP contribution is 2.05. The van der Waals surface area contributed by atoms with Crippen LogP contribution >= 0.6 is 12.2 Å². The SMILES string of the molecule is CC(C)OCCCCNc1cccc(C(N)=S)n1. The van der Waals surface area contributed by atoms with E-state index in [4.69, 9.17) is 22.7 Å². The number of thiocarbonyl (C=S) groups is 1. The fourth-order valence-electron chi connectivity index (χ4n) is 1.43. The van der Waals surface area contributed by atoms with Crippen molar-refractivity contribution in [2.24, 2.45) is 5.73 Å². The third kappa shape index (κ3) is 5.93. The molecule has 0 aliphatic heterocycles. The summed E-state index contributed by atoms with van der Waals surface area (Å²) in [6.45, 7) is 5.77. The zero-order chi connectivity index (χ0) is 13.4. The first kappa shape index (κ1) is 14.9. The maximum absolute atomic E-state index is 5.53. The first-order valence-electron chi connectivity index (χ1n) is 6.22. The first-order chi connectivity index (χ1) is 8.59. The number of nitrogens with two attached hydrogens (primary N) is 1. The Bertz CT molecular complexity index is 382. The largest absolute Gasteiger partial charge is 0.388 e. The third-order valence-corrected chi connectivity index (χ3v) is 2.54. The van der Waals surface area contributed by atoms with Crippen molar-refractivity contribution in [1.29, 1.82) is 0 Å². The molecular formula is C13H21N3OS. The van der Waals surface area contributed by atoms with Crippen LogP contribution in [0.25, 0.3) is 0 Å². The van der Waals surface area contributed by atoms with Crippen LogP contribution in [0.5, 0.6) is 0 Å². The monoisotopic (exact) mass is 267 g/mol. The zero-order valence-electron chi connectivity index (χ0n) is 11.0. The van der Waals surface area contributed by atoms with E-state index in [-0.39, 0.29) is 0 Å². The molecule has 0 radical (unpaired) electrons. The van der Waals surface area contributed by atoms with E-state index in [1.165, 1.54) is 0 Å². The highest BCUT2D eigenvalue weighted by atomic mass is 32.1. The van der Waals surface area contributed by atoms with Gasteiger partial charge in [-0.25, -0.2) is 4.98 Å². The summed E-state index contributed by atoms with van der Waals surface area (Å²) in [5.41, 5.74) is 6.18. The molecule has 5 heteroatoms. The quantitative estimate of drug-likeness (QED) is 0.559. The molecule has 0 saturated heterocycles. The fraction of sp³-hybridized carbons (Fsp3) is 0.538. The van der Waals surface area contributed by atoms with Crippen LogP contribution in [-0.4, -0.2) is 29.2 Å². The van der Waals surface area contributed by atoms with Crippen LogP contribution in [-0.2, 0) is 4.74 Å². The number of rotatable bonds is 8. The Hall–Kier alpha value is -1.20. The van der Waals surface area contributed by atoms with Gasteiger partial charge in [-0.2, -0.15) is 0 Å². The second-order valence-corrected chi connectivity index (χ2v) is 4.77. The lowest BCUT2D eigenvalue weighted by Gasteiger charge is -2.08. The fourth-order valence-corrected chi connectivity index (χ4v) is 1.55. The molecular weight excluding hydrogens is 246 g/mol. The predicted octanol–water partition coefficient (Wildman–Crippen LogP) is 2.33. The average Bonchev–Trinajstić information content (AvgIpc) is 2.33. The molecule has 0 saturated carbocycles. The summed E-state index contributed by atoms with van der Waals surface area (Å²) in [6, 6.07) is 5.61. The molecule has 0 spiro atoms. The van der Waals surface area contributed by atoms with E-state index in [9.17, 15) is 0 Å². The Balaban J connectivity index is 2.23. The van der Waals surface area contributed by atoms with Crippen LogP contribution < -0.4 is 11.1 Å². The van der Waals surface area contributed by atoms with E-state index in [1.807, 2.05) is 32.0 Å². The lowest BCUT2D eigenvalue weighted by atomic mass is 10.3. The number of hydrogen-bond acceptors (Lipinski definition) is 4. The average molecular weight is 267 g/mol. The summed E-state index contributed by atoms with van der Waals surface area (Å²) in [4.78, 5) is 4.63. The zero-order valence-corrected chi connectivity index (χ0v) is 11.8. The third-order valence-electron chi connectivity index (χ3n) is 2.33. The molecule has 3 N–H and O–H groups in total. The highest BCUT2D eigenvalue weighted by Gasteiger charge is 1.99. The summed E-state index contributed by atoms with van der Waals surface area (Å²) in [7, 11) is 0. The van der Waals surface area contributed by atoms with E-state index in [1.54, 1.807) is 0 Å². The van der Waals surface area contributed by atoms with E-state index in [0.29, 0.717) is 16.8 Å².